The molecule has 2 aliphatic rings. The van der Waals surface area contributed by atoms with Crippen LogP contribution >= 0.6 is 11.9 Å². The molecule has 0 spiro atoms. The van der Waals surface area contributed by atoms with Gasteiger partial charge in [-0.1, -0.05) is 37.3 Å². The normalized spacial score (nSPS) is 21.8. The molecule has 0 aliphatic carbocycles. The van der Waals surface area contributed by atoms with Crippen molar-refractivity contribution >= 4 is 22.7 Å². The van der Waals surface area contributed by atoms with Gasteiger partial charge in [0, 0.05) is 24.0 Å². The summed E-state index contributed by atoms with van der Waals surface area (Å²) in [4.78, 5) is 4.18. The Hall–Kier alpha value is -1.03. The van der Waals surface area contributed by atoms with Crippen molar-refractivity contribution < 1.29 is 0 Å². The van der Waals surface area contributed by atoms with Gasteiger partial charge in [-0.25, -0.2) is 4.31 Å². The summed E-state index contributed by atoms with van der Waals surface area (Å²) in [5.41, 5.74) is 1.37. The zero-order chi connectivity index (χ0) is 17.2. The molecule has 0 radical (unpaired) electrons. The summed E-state index contributed by atoms with van der Waals surface area (Å²) in [5.74, 6) is 0.932. The van der Waals surface area contributed by atoms with Gasteiger partial charge < -0.3 is 4.90 Å². The Morgan fingerprint density at radius 1 is 0.840 bits per heavy atom. The van der Waals surface area contributed by atoms with E-state index in [1.807, 2.05) is 11.9 Å². The van der Waals surface area contributed by atoms with E-state index in [0.29, 0.717) is 0 Å². The number of aryl methyl sites for hydroxylation is 1. The average Bonchev–Trinajstić information content (AvgIpc) is 2.66. The molecule has 0 bridgehead atoms. The minimum absolute atomic E-state index is 0.819. The van der Waals surface area contributed by atoms with Gasteiger partial charge in [0.25, 0.3) is 0 Å². The maximum absolute atomic E-state index is 2.77. The van der Waals surface area contributed by atoms with Gasteiger partial charge in [0.1, 0.15) is 0 Å². The van der Waals surface area contributed by atoms with Crippen molar-refractivity contribution in [1.29, 1.82) is 0 Å². The molecule has 0 aromatic heterocycles. The molecule has 2 aromatic rings. The Kier molecular flexibility index (Phi) is 5.35. The van der Waals surface area contributed by atoms with Gasteiger partial charge in [-0.05, 0) is 86.0 Å². The molecule has 0 amide bonds. The van der Waals surface area contributed by atoms with Crippen molar-refractivity contribution in [3.63, 3.8) is 0 Å². The van der Waals surface area contributed by atoms with Crippen molar-refractivity contribution in [2.45, 2.75) is 50.5 Å². The highest BCUT2D eigenvalue weighted by atomic mass is 32.2. The molecule has 2 saturated heterocycles. The number of nitrogens with zero attached hydrogens (tertiary/aromatic N) is 2. The van der Waals surface area contributed by atoms with E-state index < -0.39 is 0 Å². The first kappa shape index (κ1) is 17.4. The zero-order valence-electron chi connectivity index (χ0n) is 15.6. The molecule has 3 heteroatoms. The van der Waals surface area contributed by atoms with Crippen LogP contribution in [0.3, 0.4) is 0 Å². The Morgan fingerprint density at radius 2 is 1.52 bits per heavy atom. The molecule has 2 aromatic carbocycles. The van der Waals surface area contributed by atoms with Gasteiger partial charge in [-0.2, -0.15) is 0 Å². The van der Waals surface area contributed by atoms with Crippen molar-refractivity contribution in [1.82, 2.24) is 9.21 Å². The number of fused-ring (bicyclic) bond motifs is 1. The number of rotatable bonds is 3. The highest BCUT2D eigenvalue weighted by Gasteiger charge is 2.27. The number of hydrogen-bond acceptors (Lipinski definition) is 3. The third-order valence-electron chi connectivity index (χ3n) is 6.09. The summed E-state index contributed by atoms with van der Waals surface area (Å²) in [5, 5.41) is 2.80. The van der Waals surface area contributed by atoms with Gasteiger partial charge in [0.05, 0.1) is 0 Å². The van der Waals surface area contributed by atoms with E-state index >= 15 is 0 Å². The molecule has 2 fully saturated rings. The fourth-order valence-electron chi connectivity index (χ4n) is 4.33. The van der Waals surface area contributed by atoms with E-state index in [0.717, 1.165) is 12.0 Å². The summed E-state index contributed by atoms with van der Waals surface area (Å²) in [6.07, 6.45) is 5.44. The molecule has 134 valence electrons. The van der Waals surface area contributed by atoms with Crippen LogP contribution in [0, 0.1) is 12.8 Å². The van der Waals surface area contributed by atoms with Crippen LogP contribution < -0.4 is 0 Å². The lowest BCUT2D eigenvalue weighted by Gasteiger charge is -2.41. The van der Waals surface area contributed by atoms with E-state index in [1.54, 1.807) is 0 Å². The predicted molar refractivity (Wildman–Crippen MR) is 109 cm³/mol. The molecular formula is C22H30N2S. The lowest BCUT2D eigenvalue weighted by molar-refractivity contribution is 0.103. The van der Waals surface area contributed by atoms with Crippen LogP contribution in [0.25, 0.3) is 10.8 Å². The minimum Gasteiger partial charge on any atom is -0.300 e. The lowest BCUT2D eigenvalue weighted by Crippen LogP contribution is -2.46. The minimum atomic E-state index is 0.819. The summed E-state index contributed by atoms with van der Waals surface area (Å²) in [6, 6.07) is 14.2. The molecule has 2 heterocycles. The Labute approximate surface area is 156 Å². The third kappa shape index (κ3) is 3.89. The first-order valence-corrected chi connectivity index (χ1v) is 10.6. The Morgan fingerprint density at radius 3 is 2.24 bits per heavy atom. The van der Waals surface area contributed by atoms with Crippen LogP contribution in [0.2, 0.25) is 0 Å². The quantitative estimate of drug-likeness (QED) is 0.686. The Balaban J connectivity index is 1.38. The van der Waals surface area contributed by atoms with Crippen LogP contribution in [0.5, 0.6) is 0 Å². The molecule has 2 aliphatic heterocycles. The predicted octanol–water partition coefficient (Wildman–Crippen LogP) is 5.35. The number of benzene rings is 2. The summed E-state index contributed by atoms with van der Waals surface area (Å²) >= 11 is 1.97. The van der Waals surface area contributed by atoms with Crippen molar-refractivity contribution in [2.24, 2.45) is 5.92 Å². The lowest BCUT2D eigenvalue weighted by atomic mass is 9.95. The van der Waals surface area contributed by atoms with Crippen LogP contribution in [0.4, 0.5) is 0 Å². The van der Waals surface area contributed by atoms with Gasteiger partial charge in [0.15, 0.2) is 0 Å². The largest absolute Gasteiger partial charge is 0.300 e. The van der Waals surface area contributed by atoms with Crippen LogP contribution in [-0.2, 0) is 0 Å². The van der Waals surface area contributed by atoms with Gasteiger partial charge >= 0.3 is 0 Å². The van der Waals surface area contributed by atoms with E-state index in [1.165, 1.54) is 73.1 Å². The first-order chi connectivity index (χ1) is 12.2. The molecule has 0 N–H and O–H groups in total. The van der Waals surface area contributed by atoms with E-state index in [9.17, 15) is 0 Å². The maximum atomic E-state index is 2.77. The van der Waals surface area contributed by atoms with Crippen LogP contribution in [0.15, 0.2) is 41.3 Å². The topological polar surface area (TPSA) is 6.48 Å². The number of likely N-dealkylation sites (tertiary alicyclic amines) is 1. The molecule has 0 saturated carbocycles. The fraction of sp³-hybridized carbons (Fsp3) is 0.545. The number of hydrogen-bond donors (Lipinski definition) is 0. The second-order valence-electron chi connectivity index (χ2n) is 7.90. The molecule has 4 rings (SSSR count). The van der Waals surface area contributed by atoms with Crippen molar-refractivity contribution in [3.8, 4) is 0 Å². The monoisotopic (exact) mass is 354 g/mol. The average molecular weight is 355 g/mol. The highest BCUT2D eigenvalue weighted by Crippen LogP contribution is 2.34. The first-order valence-electron chi connectivity index (χ1n) is 9.86. The summed E-state index contributed by atoms with van der Waals surface area (Å²) in [7, 11) is 0. The van der Waals surface area contributed by atoms with Crippen LogP contribution in [0.1, 0.15) is 38.2 Å². The maximum Gasteiger partial charge on any atom is 0.0308 e. The van der Waals surface area contributed by atoms with E-state index in [2.05, 4.69) is 59.5 Å². The SMILES string of the molecule is Cc1ccc(SN2CCC(N3CCC(C)CC3)CC2)c2ccccc12. The van der Waals surface area contributed by atoms with Crippen molar-refractivity contribution in [3.05, 3.63) is 42.0 Å². The highest BCUT2D eigenvalue weighted by molar-refractivity contribution is 7.97. The molecule has 2 nitrogen and oxygen atoms in total. The Bertz CT molecular complexity index is 713. The molecule has 25 heavy (non-hydrogen) atoms. The molecule has 0 atom stereocenters. The zero-order valence-corrected chi connectivity index (χ0v) is 16.4. The fourth-order valence-corrected chi connectivity index (χ4v) is 5.41. The van der Waals surface area contributed by atoms with E-state index in [-0.39, 0.29) is 0 Å². The summed E-state index contributed by atoms with van der Waals surface area (Å²) in [6.45, 7) is 9.68. The number of piperidine rings is 2. The van der Waals surface area contributed by atoms with E-state index in [4.69, 9.17) is 0 Å². The smallest absolute Gasteiger partial charge is 0.0308 e. The standard InChI is InChI=1S/C22H30N2S/c1-17-9-13-23(14-10-17)19-11-15-24(16-12-19)25-22-8-7-18(2)20-5-3-4-6-21(20)22/h3-8,17,19H,9-16H2,1-2H3. The molecule has 0 unspecified atom stereocenters. The molecular weight excluding hydrogens is 324 g/mol. The van der Waals surface area contributed by atoms with Crippen molar-refractivity contribution in [2.75, 3.05) is 26.2 Å². The second kappa shape index (κ2) is 7.69. The third-order valence-corrected chi connectivity index (χ3v) is 7.26. The summed E-state index contributed by atoms with van der Waals surface area (Å²) < 4.78 is 2.58. The van der Waals surface area contributed by atoms with Crippen LogP contribution in [-0.4, -0.2) is 41.4 Å². The van der Waals surface area contributed by atoms with Gasteiger partial charge in [0.2, 0.25) is 0 Å². The second-order valence-corrected chi connectivity index (χ2v) is 9.03. The van der Waals surface area contributed by atoms with Gasteiger partial charge in [-0.15, -0.1) is 0 Å². The van der Waals surface area contributed by atoms with Gasteiger partial charge in [-0.3, -0.25) is 0 Å².